The molecule has 0 saturated heterocycles. The van der Waals surface area contributed by atoms with Gasteiger partial charge in [-0.3, -0.25) is 4.98 Å². The third kappa shape index (κ3) is 4.87. The molecule has 1 atom stereocenters. The van der Waals surface area contributed by atoms with Gasteiger partial charge in [-0.1, -0.05) is 24.3 Å². The van der Waals surface area contributed by atoms with Crippen LogP contribution in [-0.4, -0.2) is 25.7 Å². The second-order valence-electron chi connectivity index (χ2n) is 6.41. The first-order valence-electron chi connectivity index (χ1n) is 8.80. The Hall–Kier alpha value is -1.76. The van der Waals surface area contributed by atoms with Crippen molar-refractivity contribution in [1.29, 1.82) is 0 Å². The van der Waals surface area contributed by atoms with Crippen molar-refractivity contribution in [2.24, 2.45) is 0 Å². The van der Waals surface area contributed by atoms with Gasteiger partial charge in [0.2, 0.25) is 10.0 Å². The molecule has 0 fully saturated rings. The third-order valence-corrected chi connectivity index (χ3v) is 5.99. The van der Waals surface area contributed by atoms with Gasteiger partial charge in [0.1, 0.15) is 0 Å². The van der Waals surface area contributed by atoms with Crippen LogP contribution in [0.4, 0.5) is 0 Å². The topological polar surface area (TPSA) is 71.1 Å². The molecule has 1 aliphatic heterocycles. The highest BCUT2D eigenvalue weighted by molar-refractivity contribution is 7.89. The lowest BCUT2D eigenvalue weighted by molar-refractivity contribution is 0.553. The van der Waals surface area contributed by atoms with E-state index >= 15 is 0 Å². The van der Waals surface area contributed by atoms with Crippen LogP contribution in [0.3, 0.4) is 0 Å². The summed E-state index contributed by atoms with van der Waals surface area (Å²) in [5.41, 5.74) is 4.48. The summed E-state index contributed by atoms with van der Waals surface area (Å²) in [6, 6.07) is 11.7. The third-order valence-electron chi connectivity index (χ3n) is 4.59. The molecule has 1 aliphatic rings. The van der Waals surface area contributed by atoms with Crippen molar-refractivity contribution in [3.05, 3.63) is 65.0 Å². The van der Waals surface area contributed by atoms with Crippen LogP contribution in [0.25, 0.3) is 0 Å². The fourth-order valence-electron chi connectivity index (χ4n) is 3.15. The molecule has 2 heterocycles. The lowest BCUT2D eigenvalue weighted by atomic mass is 9.96. The number of hydrogen-bond donors (Lipinski definition) is 2. The average molecular weight is 359 g/mol. The zero-order valence-corrected chi connectivity index (χ0v) is 15.3. The van der Waals surface area contributed by atoms with E-state index in [1.807, 2.05) is 18.2 Å². The molecule has 1 aromatic heterocycles. The molecule has 1 aromatic carbocycles. The average Bonchev–Trinajstić information content (AvgIpc) is 2.86. The van der Waals surface area contributed by atoms with Crippen LogP contribution in [0, 0.1) is 0 Å². The molecule has 1 unspecified atom stereocenters. The lowest BCUT2D eigenvalue weighted by Gasteiger charge is -2.20. The van der Waals surface area contributed by atoms with Crippen LogP contribution >= 0.6 is 0 Å². The van der Waals surface area contributed by atoms with Crippen LogP contribution in [0.5, 0.6) is 0 Å². The monoisotopic (exact) mass is 359 g/mol. The number of nitrogens with one attached hydrogen (secondary N) is 2. The largest absolute Gasteiger partial charge is 0.313 e. The molecule has 5 nitrogen and oxygen atoms in total. The van der Waals surface area contributed by atoms with Gasteiger partial charge in [0, 0.05) is 24.9 Å². The molecule has 25 heavy (non-hydrogen) atoms. The van der Waals surface area contributed by atoms with E-state index in [4.69, 9.17) is 0 Å². The summed E-state index contributed by atoms with van der Waals surface area (Å²) in [5, 5.41) is 3.43. The van der Waals surface area contributed by atoms with Gasteiger partial charge in [0.25, 0.3) is 0 Å². The molecule has 0 amide bonds. The summed E-state index contributed by atoms with van der Waals surface area (Å²) in [4.78, 5) is 4.36. The SMILES string of the molecule is CCS(=O)(=O)NC(Cc1ccccn1)c1ccc2c(c1)CNCCC2. The highest BCUT2D eigenvalue weighted by Gasteiger charge is 2.20. The zero-order chi connectivity index (χ0) is 17.7. The predicted octanol–water partition coefficient (Wildman–Crippen LogP) is 2.34. The first kappa shape index (κ1) is 18.0. The number of fused-ring (bicyclic) bond motifs is 1. The van der Waals surface area contributed by atoms with Crippen molar-refractivity contribution in [3.8, 4) is 0 Å². The Kier molecular flexibility index (Phi) is 5.83. The maximum Gasteiger partial charge on any atom is 0.211 e. The summed E-state index contributed by atoms with van der Waals surface area (Å²) >= 11 is 0. The Balaban J connectivity index is 1.91. The number of nitrogens with zero attached hydrogens (tertiary/aromatic N) is 1. The smallest absolute Gasteiger partial charge is 0.211 e. The van der Waals surface area contributed by atoms with Gasteiger partial charge in [-0.05, 0) is 55.1 Å². The van der Waals surface area contributed by atoms with E-state index in [1.54, 1.807) is 13.1 Å². The Morgan fingerprint density at radius 3 is 2.88 bits per heavy atom. The van der Waals surface area contributed by atoms with E-state index in [9.17, 15) is 8.42 Å². The Morgan fingerprint density at radius 2 is 2.12 bits per heavy atom. The number of aromatic nitrogens is 1. The number of pyridine rings is 1. The molecule has 2 aromatic rings. The van der Waals surface area contributed by atoms with Gasteiger partial charge >= 0.3 is 0 Å². The minimum absolute atomic E-state index is 0.0677. The first-order chi connectivity index (χ1) is 12.1. The Bertz CT molecular complexity index is 807. The van der Waals surface area contributed by atoms with Gasteiger partial charge in [-0.25, -0.2) is 13.1 Å². The van der Waals surface area contributed by atoms with Crippen molar-refractivity contribution in [2.75, 3.05) is 12.3 Å². The predicted molar refractivity (Wildman–Crippen MR) is 99.7 cm³/mol. The number of benzene rings is 1. The second-order valence-corrected chi connectivity index (χ2v) is 8.45. The van der Waals surface area contributed by atoms with Crippen LogP contribution in [0.15, 0.2) is 42.6 Å². The molecule has 0 aliphatic carbocycles. The number of sulfonamides is 1. The van der Waals surface area contributed by atoms with Crippen LogP contribution in [0.2, 0.25) is 0 Å². The van der Waals surface area contributed by atoms with Gasteiger partial charge < -0.3 is 5.32 Å². The van der Waals surface area contributed by atoms with Crippen LogP contribution < -0.4 is 10.0 Å². The van der Waals surface area contributed by atoms with Crippen molar-refractivity contribution < 1.29 is 8.42 Å². The highest BCUT2D eigenvalue weighted by atomic mass is 32.2. The van der Waals surface area contributed by atoms with Crippen LogP contribution in [-0.2, 0) is 29.4 Å². The van der Waals surface area contributed by atoms with Crippen molar-refractivity contribution in [1.82, 2.24) is 15.0 Å². The number of rotatable bonds is 6. The maximum atomic E-state index is 12.2. The quantitative estimate of drug-likeness (QED) is 0.830. The summed E-state index contributed by atoms with van der Waals surface area (Å²) in [7, 11) is -3.31. The molecule has 0 bridgehead atoms. The van der Waals surface area contributed by atoms with E-state index in [0.29, 0.717) is 6.42 Å². The van der Waals surface area contributed by atoms with E-state index < -0.39 is 10.0 Å². The van der Waals surface area contributed by atoms with Crippen molar-refractivity contribution >= 4 is 10.0 Å². The second kappa shape index (κ2) is 8.08. The van der Waals surface area contributed by atoms with E-state index in [-0.39, 0.29) is 11.8 Å². The molecule has 0 spiro atoms. The number of hydrogen-bond acceptors (Lipinski definition) is 4. The fourth-order valence-corrected chi connectivity index (χ4v) is 3.97. The molecular weight excluding hydrogens is 334 g/mol. The molecule has 0 radical (unpaired) electrons. The molecule has 2 N–H and O–H groups in total. The Morgan fingerprint density at radius 1 is 1.24 bits per heavy atom. The van der Waals surface area contributed by atoms with Gasteiger partial charge in [-0.2, -0.15) is 0 Å². The first-order valence-corrected chi connectivity index (χ1v) is 10.4. The van der Waals surface area contributed by atoms with E-state index in [0.717, 1.165) is 37.2 Å². The zero-order valence-electron chi connectivity index (χ0n) is 14.5. The summed E-state index contributed by atoms with van der Waals surface area (Å²) in [6.07, 6.45) is 4.47. The lowest BCUT2D eigenvalue weighted by Crippen LogP contribution is -2.31. The van der Waals surface area contributed by atoms with Gasteiger partial charge in [0.15, 0.2) is 0 Å². The minimum Gasteiger partial charge on any atom is -0.313 e. The Labute approximate surface area is 149 Å². The molecule has 3 rings (SSSR count). The standard InChI is InChI=1S/C19H25N3O2S/c1-2-25(23,24)22-19(13-18-7-3-4-11-21-18)16-9-8-15-6-5-10-20-14-17(15)12-16/h3-4,7-9,11-12,19-20,22H,2,5-6,10,13-14H2,1H3. The summed E-state index contributed by atoms with van der Waals surface area (Å²) in [6.45, 7) is 3.50. The molecule has 0 saturated carbocycles. The van der Waals surface area contributed by atoms with Gasteiger partial charge in [-0.15, -0.1) is 0 Å². The summed E-state index contributed by atoms with van der Waals surface area (Å²) in [5.74, 6) is 0.0677. The molecule has 134 valence electrons. The normalized spacial score (nSPS) is 16.0. The van der Waals surface area contributed by atoms with Crippen molar-refractivity contribution in [3.63, 3.8) is 0 Å². The minimum atomic E-state index is -3.31. The van der Waals surface area contributed by atoms with E-state index in [2.05, 4.69) is 33.2 Å². The highest BCUT2D eigenvalue weighted by Crippen LogP contribution is 2.24. The fraction of sp³-hybridized carbons (Fsp3) is 0.421. The maximum absolute atomic E-state index is 12.2. The van der Waals surface area contributed by atoms with Crippen molar-refractivity contribution in [2.45, 2.75) is 38.8 Å². The molecular formula is C19H25N3O2S. The van der Waals surface area contributed by atoms with Gasteiger partial charge in [0.05, 0.1) is 11.8 Å². The molecule has 6 heteroatoms. The van der Waals surface area contributed by atoms with Crippen LogP contribution in [0.1, 0.15) is 41.8 Å². The summed E-state index contributed by atoms with van der Waals surface area (Å²) < 4.78 is 27.2. The number of aryl methyl sites for hydroxylation is 1. The van der Waals surface area contributed by atoms with E-state index in [1.165, 1.54) is 11.1 Å².